The van der Waals surface area contributed by atoms with Crippen molar-refractivity contribution >= 4 is 12.0 Å². The van der Waals surface area contributed by atoms with Gasteiger partial charge in [-0.05, 0) is 17.7 Å². The number of carbonyl (C=O) groups is 1. The van der Waals surface area contributed by atoms with Crippen LogP contribution >= 0.6 is 0 Å². The maximum atomic E-state index is 10.2. The summed E-state index contributed by atoms with van der Waals surface area (Å²) < 4.78 is 0. The van der Waals surface area contributed by atoms with E-state index in [-0.39, 0.29) is 17.9 Å². The molecule has 0 saturated carbocycles. The van der Waals surface area contributed by atoms with Gasteiger partial charge in [0, 0.05) is 0 Å². The Kier molecular flexibility index (Phi) is 3.12. The number of rotatable bonds is 3. The number of aromatic hydroxyl groups is 2. The van der Waals surface area contributed by atoms with Crippen LogP contribution in [0.1, 0.15) is 12.0 Å². The molecular formula is C10H10O4. The van der Waals surface area contributed by atoms with Crippen LogP contribution in [-0.2, 0) is 4.79 Å². The molecule has 0 heterocycles. The molecule has 0 fully saturated rings. The van der Waals surface area contributed by atoms with E-state index in [1.54, 1.807) is 12.1 Å². The minimum atomic E-state index is -0.913. The first-order valence-electron chi connectivity index (χ1n) is 4.00. The lowest BCUT2D eigenvalue weighted by atomic mass is 10.2. The van der Waals surface area contributed by atoms with E-state index in [0.717, 1.165) is 0 Å². The lowest BCUT2D eigenvalue weighted by Crippen LogP contribution is -1.89. The Balaban J connectivity index is 2.73. The largest absolute Gasteiger partial charge is 0.504 e. The molecule has 0 aliphatic carbocycles. The number of carboxylic acids is 1. The predicted molar refractivity (Wildman–Crippen MR) is 51.1 cm³/mol. The smallest absolute Gasteiger partial charge is 0.307 e. The lowest BCUT2D eigenvalue weighted by molar-refractivity contribution is -0.135. The standard InChI is InChI=1S/C10H10O4/c11-8-5-4-7(6-9(8)12)2-1-3-10(13)14/h1-2,4-6,11-12H,3H2,(H,13,14). The van der Waals surface area contributed by atoms with Crippen LogP contribution in [0, 0.1) is 0 Å². The van der Waals surface area contributed by atoms with Crippen LogP contribution < -0.4 is 0 Å². The molecule has 0 aliphatic heterocycles. The lowest BCUT2D eigenvalue weighted by Gasteiger charge is -1.97. The van der Waals surface area contributed by atoms with Crippen molar-refractivity contribution in [3.05, 3.63) is 29.8 Å². The van der Waals surface area contributed by atoms with Crippen molar-refractivity contribution in [2.75, 3.05) is 0 Å². The molecule has 0 unspecified atom stereocenters. The van der Waals surface area contributed by atoms with Gasteiger partial charge in [0.2, 0.25) is 0 Å². The molecule has 0 aliphatic rings. The van der Waals surface area contributed by atoms with Gasteiger partial charge in [0.25, 0.3) is 0 Å². The maximum absolute atomic E-state index is 10.2. The van der Waals surface area contributed by atoms with Crippen LogP contribution in [0.5, 0.6) is 11.5 Å². The number of phenols is 2. The molecule has 4 nitrogen and oxygen atoms in total. The molecule has 1 aromatic rings. The van der Waals surface area contributed by atoms with E-state index < -0.39 is 5.97 Å². The Morgan fingerprint density at radius 1 is 1.29 bits per heavy atom. The highest BCUT2D eigenvalue weighted by Crippen LogP contribution is 2.25. The van der Waals surface area contributed by atoms with Crippen LogP contribution in [-0.4, -0.2) is 21.3 Å². The van der Waals surface area contributed by atoms with E-state index >= 15 is 0 Å². The fourth-order valence-electron chi connectivity index (χ4n) is 0.940. The Labute approximate surface area is 80.7 Å². The van der Waals surface area contributed by atoms with Crippen LogP contribution in [0.3, 0.4) is 0 Å². The van der Waals surface area contributed by atoms with Gasteiger partial charge >= 0.3 is 5.97 Å². The fourth-order valence-corrected chi connectivity index (χ4v) is 0.940. The van der Waals surface area contributed by atoms with Gasteiger partial charge in [-0.15, -0.1) is 0 Å². The second-order valence-corrected chi connectivity index (χ2v) is 2.75. The quantitative estimate of drug-likeness (QED) is 0.638. The Morgan fingerprint density at radius 3 is 2.57 bits per heavy atom. The average Bonchev–Trinajstić information content (AvgIpc) is 2.10. The van der Waals surface area contributed by atoms with Crippen LogP contribution in [0.4, 0.5) is 0 Å². The van der Waals surface area contributed by atoms with Crippen molar-refractivity contribution < 1.29 is 20.1 Å². The topological polar surface area (TPSA) is 77.8 Å². The Hall–Kier alpha value is -1.97. The van der Waals surface area contributed by atoms with Gasteiger partial charge in [-0.1, -0.05) is 18.2 Å². The van der Waals surface area contributed by atoms with Crippen molar-refractivity contribution in [2.45, 2.75) is 6.42 Å². The van der Waals surface area contributed by atoms with Crippen molar-refractivity contribution in [1.82, 2.24) is 0 Å². The number of benzene rings is 1. The molecular weight excluding hydrogens is 184 g/mol. The third-order valence-corrected chi connectivity index (χ3v) is 1.60. The van der Waals surface area contributed by atoms with Gasteiger partial charge in [-0.2, -0.15) is 0 Å². The zero-order valence-electron chi connectivity index (χ0n) is 7.34. The molecule has 1 rings (SSSR count). The second kappa shape index (κ2) is 4.32. The summed E-state index contributed by atoms with van der Waals surface area (Å²) in [6.07, 6.45) is 2.96. The first-order chi connectivity index (χ1) is 6.59. The zero-order chi connectivity index (χ0) is 10.6. The maximum Gasteiger partial charge on any atom is 0.307 e. The van der Waals surface area contributed by atoms with E-state index in [9.17, 15) is 4.79 Å². The van der Waals surface area contributed by atoms with Crippen LogP contribution in [0.15, 0.2) is 24.3 Å². The van der Waals surface area contributed by atoms with Gasteiger partial charge in [0.1, 0.15) is 0 Å². The predicted octanol–water partition coefficient (Wildman–Crippen LogP) is 1.59. The van der Waals surface area contributed by atoms with E-state index in [2.05, 4.69) is 0 Å². The summed E-state index contributed by atoms with van der Waals surface area (Å²) in [6.45, 7) is 0. The summed E-state index contributed by atoms with van der Waals surface area (Å²) in [5.41, 5.74) is 0.640. The molecule has 0 radical (unpaired) electrons. The molecule has 0 aromatic heterocycles. The molecule has 14 heavy (non-hydrogen) atoms. The average molecular weight is 194 g/mol. The summed E-state index contributed by atoms with van der Waals surface area (Å²) in [5, 5.41) is 26.4. The summed E-state index contributed by atoms with van der Waals surface area (Å²) in [7, 11) is 0. The molecule has 0 saturated heterocycles. The van der Waals surface area contributed by atoms with Crippen molar-refractivity contribution in [1.29, 1.82) is 0 Å². The molecule has 4 heteroatoms. The summed E-state index contributed by atoms with van der Waals surface area (Å²) in [6, 6.07) is 4.27. The van der Waals surface area contributed by atoms with Crippen LogP contribution in [0.2, 0.25) is 0 Å². The Bertz CT molecular complexity index is 368. The Morgan fingerprint density at radius 2 is 2.00 bits per heavy atom. The second-order valence-electron chi connectivity index (χ2n) is 2.75. The van der Waals surface area contributed by atoms with Crippen molar-refractivity contribution in [3.63, 3.8) is 0 Å². The van der Waals surface area contributed by atoms with Gasteiger partial charge < -0.3 is 15.3 Å². The minimum Gasteiger partial charge on any atom is -0.504 e. The van der Waals surface area contributed by atoms with Gasteiger partial charge in [-0.3, -0.25) is 4.79 Å². The number of hydrogen-bond donors (Lipinski definition) is 3. The van der Waals surface area contributed by atoms with Crippen molar-refractivity contribution in [2.24, 2.45) is 0 Å². The van der Waals surface area contributed by atoms with E-state index in [1.807, 2.05) is 0 Å². The third-order valence-electron chi connectivity index (χ3n) is 1.60. The molecule has 0 bridgehead atoms. The van der Waals surface area contributed by atoms with Crippen LogP contribution in [0.25, 0.3) is 6.08 Å². The minimum absolute atomic E-state index is 0.0678. The molecule has 74 valence electrons. The van der Waals surface area contributed by atoms with E-state index in [4.69, 9.17) is 15.3 Å². The number of phenolic OH excluding ortho intramolecular Hbond substituents is 2. The van der Waals surface area contributed by atoms with E-state index in [1.165, 1.54) is 18.2 Å². The molecule has 0 amide bonds. The molecule has 3 N–H and O–H groups in total. The monoisotopic (exact) mass is 194 g/mol. The van der Waals surface area contributed by atoms with Gasteiger partial charge in [0.15, 0.2) is 11.5 Å². The normalized spacial score (nSPS) is 10.6. The number of aliphatic carboxylic acids is 1. The first-order valence-corrected chi connectivity index (χ1v) is 4.00. The highest BCUT2D eigenvalue weighted by molar-refractivity contribution is 5.70. The summed E-state index contributed by atoms with van der Waals surface area (Å²) >= 11 is 0. The SMILES string of the molecule is O=C(O)CC=Cc1ccc(O)c(O)c1. The highest BCUT2D eigenvalue weighted by atomic mass is 16.4. The fraction of sp³-hybridized carbons (Fsp3) is 0.100. The van der Waals surface area contributed by atoms with Gasteiger partial charge in [0.05, 0.1) is 6.42 Å². The van der Waals surface area contributed by atoms with Gasteiger partial charge in [-0.25, -0.2) is 0 Å². The highest BCUT2D eigenvalue weighted by Gasteiger charge is 1.97. The number of hydrogen-bond acceptors (Lipinski definition) is 3. The summed E-state index contributed by atoms with van der Waals surface area (Å²) in [4.78, 5) is 10.2. The zero-order valence-corrected chi connectivity index (χ0v) is 7.34. The molecule has 0 atom stereocenters. The molecule has 0 spiro atoms. The van der Waals surface area contributed by atoms with Crippen molar-refractivity contribution in [3.8, 4) is 11.5 Å². The van der Waals surface area contributed by atoms with E-state index in [0.29, 0.717) is 5.56 Å². The number of carboxylic acid groups (broad SMARTS) is 1. The molecule has 1 aromatic carbocycles. The first kappa shape index (κ1) is 10.1. The third kappa shape index (κ3) is 2.82. The summed E-state index contributed by atoms with van der Waals surface area (Å²) in [5.74, 6) is -1.33.